The number of carboxylic acids is 1. The van der Waals surface area contributed by atoms with Crippen LogP contribution in [0.2, 0.25) is 0 Å². The molecule has 1 N–H and O–H groups in total. The summed E-state index contributed by atoms with van der Waals surface area (Å²) in [5.74, 6) is -0.682. The quantitative estimate of drug-likeness (QED) is 0.655. The van der Waals surface area contributed by atoms with Gasteiger partial charge in [0.1, 0.15) is 0 Å². The summed E-state index contributed by atoms with van der Waals surface area (Å²) in [6.07, 6.45) is 2.35. The number of methoxy groups -OCH3 is 1. The Bertz CT molecular complexity index is 239. The summed E-state index contributed by atoms with van der Waals surface area (Å²) in [7, 11) is 1.68. The largest absolute Gasteiger partial charge is 0.481 e. The number of carbonyl (C=O) groups is 1. The van der Waals surface area contributed by atoms with Gasteiger partial charge in [-0.15, -0.1) is 0 Å². The number of rotatable bonds is 10. The summed E-state index contributed by atoms with van der Waals surface area (Å²) in [5, 5.41) is 9.49. The smallest absolute Gasteiger partial charge is 0.310 e. The van der Waals surface area contributed by atoms with Gasteiger partial charge in [-0.3, -0.25) is 9.69 Å². The molecule has 0 bridgehead atoms. The highest BCUT2D eigenvalue weighted by molar-refractivity contribution is 5.74. The van der Waals surface area contributed by atoms with E-state index in [1.807, 2.05) is 13.8 Å². The van der Waals surface area contributed by atoms with Crippen molar-refractivity contribution in [1.29, 1.82) is 0 Å². The van der Waals surface area contributed by atoms with E-state index in [0.717, 1.165) is 13.0 Å². The lowest BCUT2D eigenvalue weighted by molar-refractivity contribution is -0.151. The van der Waals surface area contributed by atoms with Crippen molar-refractivity contribution in [1.82, 2.24) is 4.90 Å². The molecule has 108 valence electrons. The predicted octanol–water partition coefficient (Wildman–Crippen LogP) is 2.62. The maximum absolute atomic E-state index is 11.5. The number of hydrogen-bond donors (Lipinski definition) is 1. The standard InChI is InChI=1S/C14H29NO3/c1-6-12(4)15(9-10-18-5)11-14(7-2,8-3)13(16)17/h12H,6-11H2,1-5H3,(H,16,17). The van der Waals surface area contributed by atoms with Crippen LogP contribution in [0.3, 0.4) is 0 Å². The number of carboxylic acid groups (broad SMARTS) is 1. The number of ether oxygens (including phenoxy) is 1. The molecular weight excluding hydrogens is 230 g/mol. The van der Waals surface area contributed by atoms with Gasteiger partial charge in [-0.2, -0.15) is 0 Å². The maximum atomic E-state index is 11.5. The fourth-order valence-electron chi connectivity index (χ4n) is 2.15. The fourth-order valence-corrected chi connectivity index (χ4v) is 2.15. The average Bonchev–Trinajstić information content (AvgIpc) is 2.38. The second-order valence-electron chi connectivity index (χ2n) is 5.01. The predicted molar refractivity (Wildman–Crippen MR) is 73.9 cm³/mol. The van der Waals surface area contributed by atoms with Gasteiger partial charge in [0.25, 0.3) is 0 Å². The molecule has 0 amide bonds. The minimum absolute atomic E-state index is 0.386. The second kappa shape index (κ2) is 8.48. The summed E-state index contributed by atoms with van der Waals surface area (Å²) in [6, 6.07) is 0.386. The van der Waals surface area contributed by atoms with Crippen molar-refractivity contribution in [3.63, 3.8) is 0 Å². The Hall–Kier alpha value is -0.610. The Kier molecular flexibility index (Phi) is 8.20. The number of nitrogens with zero attached hydrogens (tertiary/aromatic N) is 1. The summed E-state index contributed by atoms with van der Waals surface area (Å²) in [6.45, 7) is 10.2. The van der Waals surface area contributed by atoms with Gasteiger partial charge in [0.15, 0.2) is 0 Å². The first-order valence-corrected chi connectivity index (χ1v) is 6.93. The molecule has 0 aliphatic heterocycles. The first kappa shape index (κ1) is 17.4. The highest BCUT2D eigenvalue weighted by Gasteiger charge is 2.37. The molecule has 0 heterocycles. The van der Waals surface area contributed by atoms with E-state index < -0.39 is 11.4 Å². The Balaban J connectivity index is 4.84. The van der Waals surface area contributed by atoms with Crippen molar-refractivity contribution in [2.45, 2.75) is 53.0 Å². The third-order valence-electron chi connectivity index (χ3n) is 4.11. The molecule has 0 saturated carbocycles. The molecule has 0 aromatic rings. The molecule has 4 nitrogen and oxygen atoms in total. The van der Waals surface area contributed by atoms with Crippen LogP contribution in [0.5, 0.6) is 0 Å². The second-order valence-corrected chi connectivity index (χ2v) is 5.01. The first-order chi connectivity index (χ1) is 8.47. The molecule has 1 atom stereocenters. The molecule has 0 aliphatic rings. The lowest BCUT2D eigenvalue weighted by Crippen LogP contribution is -2.47. The summed E-state index contributed by atoms with van der Waals surface area (Å²) in [4.78, 5) is 13.8. The topological polar surface area (TPSA) is 49.8 Å². The van der Waals surface area contributed by atoms with Crippen LogP contribution in [-0.2, 0) is 9.53 Å². The van der Waals surface area contributed by atoms with Crippen LogP contribution in [0.15, 0.2) is 0 Å². The van der Waals surface area contributed by atoms with E-state index in [-0.39, 0.29) is 0 Å². The van der Waals surface area contributed by atoms with Crippen molar-refractivity contribution in [3.05, 3.63) is 0 Å². The Labute approximate surface area is 111 Å². The van der Waals surface area contributed by atoms with Gasteiger partial charge in [0.05, 0.1) is 12.0 Å². The summed E-state index contributed by atoms with van der Waals surface area (Å²) < 4.78 is 5.12. The molecule has 0 aromatic carbocycles. The van der Waals surface area contributed by atoms with E-state index in [9.17, 15) is 9.90 Å². The van der Waals surface area contributed by atoms with Gasteiger partial charge in [0, 0.05) is 26.2 Å². The van der Waals surface area contributed by atoms with E-state index in [0.29, 0.717) is 32.0 Å². The maximum Gasteiger partial charge on any atom is 0.310 e. The molecule has 0 aliphatic carbocycles. The van der Waals surface area contributed by atoms with Gasteiger partial charge < -0.3 is 9.84 Å². The Morgan fingerprint density at radius 2 is 1.89 bits per heavy atom. The third-order valence-corrected chi connectivity index (χ3v) is 4.11. The van der Waals surface area contributed by atoms with Crippen LogP contribution in [0.1, 0.15) is 47.0 Å². The molecule has 0 aromatic heterocycles. The molecule has 0 spiro atoms. The average molecular weight is 259 g/mol. The number of aliphatic carboxylic acids is 1. The van der Waals surface area contributed by atoms with Crippen molar-refractivity contribution >= 4 is 5.97 Å². The molecular formula is C14H29NO3. The lowest BCUT2D eigenvalue weighted by atomic mass is 9.81. The van der Waals surface area contributed by atoms with Gasteiger partial charge in [-0.25, -0.2) is 0 Å². The normalized spacial score (nSPS) is 13.9. The molecule has 0 rings (SSSR count). The highest BCUT2D eigenvalue weighted by atomic mass is 16.5. The highest BCUT2D eigenvalue weighted by Crippen LogP contribution is 2.29. The van der Waals surface area contributed by atoms with Crippen molar-refractivity contribution in [3.8, 4) is 0 Å². The number of hydrogen-bond acceptors (Lipinski definition) is 3. The van der Waals surface area contributed by atoms with Crippen LogP contribution in [0, 0.1) is 5.41 Å². The van der Waals surface area contributed by atoms with Gasteiger partial charge >= 0.3 is 5.97 Å². The third kappa shape index (κ3) is 4.58. The molecule has 0 saturated heterocycles. The van der Waals surface area contributed by atoms with E-state index in [4.69, 9.17) is 4.74 Å². The minimum Gasteiger partial charge on any atom is -0.481 e. The zero-order valence-corrected chi connectivity index (χ0v) is 12.5. The van der Waals surface area contributed by atoms with Crippen LogP contribution >= 0.6 is 0 Å². The lowest BCUT2D eigenvalue weighted by Gasteiger charge is -2.37. The van der Waals surface area contributed by atoms with E-state index in [1.54, 1.807) is 7.11 Å². The van der Waals surface area contributed by atoms with Crippen molar-refractivity contribution < 1.29 is 14.6 Å². The molecule has 0 radical (unpaired) electrons. The zero-order valence-electron chi connectivity index (χ0n) is 12.5. The van der Waals surface area contributed by atoms with Crippen LogP contribution < -0.4 is 0 Å². The Morgan fingerprint density at radius 1 is 1.33 bits per heavy atom. The Morgan fingerprint density at radius 3 is 2.22 bits per heavy atom. The van der Waals surface area contributed by atoms with Gasteiger partial charge in [-0.05, 0) is 26.2 Å². The summed E-state index contributed by atoms with van der Waals surface area (Å²) >= 11 is 0. The monoisotopic (exact) mass is 259 g/mol. The minimum atomic E-state index is -0.682. The van der Waals surface area contributed by atoms with Crippen molar-refractivity contribution in [2.24, 2.45) is 5.41 Å². The first-order valence-electron chi connectivity index (χ1n) is 6.93. The molecule has 18 heavy (non-hydrogen) atoms. The molecule has 0 fully saturated rings. The molecule has 1 unspecified atom stereocenters. The van der Waals surface area contributed by atoms with E-state index in [1.165, 1.54) is 0 Å². The fraction of sp³-hybridized carbons (Fsp3) is 0.929. The summed E-state index contributed by atoms with van der Waals surface area (Å²) in [5.41, 5.74) is -0.628. The van der Waals surface area contributed by atoms with Crippen molar-refractivity contribution in [2.75, 3.05) is 26.8 Å². The van der Waals surface area contributed by atoms with Gasteiger partial charge in [0.2, 0.25) is 0 Å². The van der Waals surface area contributed by atoms with Crippen LogP contribution in [0.25, 0.3) is 0 Å². The van der Waals surface area contributed by atoms with Crippen LogP contribution in [0.4, 0.5) is 0 Å². The zero-order chi connectivity index (χ0) is 14.2. The van der Waals surface area contributed by atoms with Crippen LogP contribution in [-0.4, -0.2) is 48.8 Å². The molecule has 4 heteroatoms. The SMILES string of the molecule is CCC(C)N(CCOC)CC(CC)(CC)C(=O)O. The van der Waals surface area contributed by atoms with E-state index in [2.05, 4.69) is 18.7 Å². The van der Waals surface area contributed by atoms with Gasteiger partial charge in [-0.1, -0.05) is 20.8 Å². The van der Waals surface area contributed by atoms with E-state index >= 15 is 0 Å².